The number of carbonyl (C=O) groups is 7. The number of ketones is 2. The van der Waals surface area contributed by atoms with Crippen LogP contribution >= 0.6 is 15.9 Å². The summed E-state index contributed by atoms with van der Waals surface area (Å²) in [6.45, 7) is 6.90. The Kier molecular flexibility index (Phi) is 19.0. The Morgan fingerprint density at radius 2 is 1.71 bits per heavy atom. The van der Waals surface area contributed by atoms with Crippen molar-refractivity contribution in [1.82, 2.24) is 25.8 Å². The molecule has 4 aliphatic carbocycles. The number of Topliss-reactive ketones (excluding diaryl/α,β-unsaturated/α-hetero) is 1. The van der Waals surface area contributed by atoms with Crippen LogP contribution in [0.15, 0.2) is 60.5 Å². The number of anilines is 1. The normalized spacial score (nSPS) is 29.4. The molecule has 1 saturated heterocycles. The van der Waals surface area contributed by atoms with E-state index in [1.54, 1.807) is 56.8 Å². The minimum absolute atomic E-state index is 0.0517. The van der Waals surface area contributed by atoms with Gasteiger partial charge in [-0.2, -0.15) is 0 Å². The van der Waals surface area contributed by atoms with E-state index < -0.39 is 113 Å². The van der Waals surface area contributed by atoms with Crippen molar-refractivity contribution >= 4 is 62.7 Å². The number of halogens is 2. The molecule has 416 valence electrons. The molecule has 3 saturated carbocycles. The second kappa shape index (κ2) is 24.6. The van der Waals surface area contributed by atoms with Gasteiger partial charge in [-0.3, -0.25) is 33.6 Å². The average Bonchev–Trinajstić information content (AvgIpc) is 4.25. The highest BCUT2D eigenvalue weighted by molar-refractivity contribution is 9.09. The molecule has 0 bridgehead atoms. The highest BCUT2D eigenvalue weighted by Crippen LogP contribution is 2.72. The van der Waals surface area contributed by atoms with Gasteiger partial charge in [0.2, 0.25) is 29.5 Å². The minimum Gasteiger partial charge on any atom is -0.392 e. The Morgan fingerprint density at radius 3 is 2.43 bits per heavy atom. The van der Waals surface area contributed by atoms with Crippen molar-refractivity contribution in [2.24, 2.45) is 22.7 Å². The number of hydrogen-bond acceptors (Lipinski definition) is 14. The fraction of sp³-hybridized carbons (Fsp3) is 0.611. The summed E-state index contributed by atoms with van der Waals surface area (Å²) >= 11 is 3.09. The van der Waals surface area contributed by atoms with Gasteiger partial charge in [-0.1, -0.05) is 46.6 Å². The molecule has 2 heterocycles. The van der Waals surface area contributed by atoms with Crippen molar-refractivity contribution in [2.75, 3.05) is 50.7 Å². The summed E-state index contributed by atoms with van der Waals surface area (Å²) in [5.74, 6) is -4.48. The van der Waals surface area contributed by atoms with E-state index in [1.165, 1.54) is 26.0 Å². The Morgan fingerprint density at radius 1 is 0.961 bits per heavy atom. The van der Waals surface area contributed by atoms with Crippen LogP contribution in [-0.4, -0.2) is 148 Å². The van der Waals surface area contributed by atoms with Gasteiger partial charge < -0.3 is 65.4 Å². The summed E-state index contributed by atoms with van der Waals surface area (Å²) in [4.78, 5) is 90.8. The number of unbranched alkanes of at least 4 members (excludes halogenated alkanes) is 1. The predicted octanol–water partition coefficient (Wildman–Crippen LogP) is 2.89. The fourth-order valence-electron chi connectivity index (χ4n) is 12.3. The zero-order valence-electron chi connectivity index (χ0n) is 43.7. The standard InChI is InChI=1S/C54H72BrFN6O14/c1-31(59-49(72)40(60-46(69)26-55)8-6-7-17-57-45(68)15-19-74-21-20-73-5)47(70)58-32(2)48(71)61-41-22-33(9-10-35(41)29-63)27-62-18-14-34(28-62)50-75-44-24-39-38-12-11-36-23-37(65)13-16-51(36,3)53(38,56)42(66)25-52(39,4)54(44,76-50)43(67)30-64/h9-10,13-14,16,18,22-23,28,31-32,38-40,42,44,50,63-64,66H,6-8,11-12,15,17,19-21,24-27,29-30H2,1-5H3,(H,57,68)(H,58,70)(H,59,72)(H,60,69)(H,61,71)/t31-,32-,38-,39-,40-,42-,44+,50+,51-,52-,53-,54+/m0/s1. The molecule has 4 fully saturated rings. The molecule has 5 amide bonds. The molecule has 1 aromatic carbocycles. The number of alkyl halides is 2. The van der Waals surface area contributed by atoms with E-state index in [4.69, 9.17) is 18.9 Å². The lowest BCUT2D eigenvalue weighted by Gasteiger charge is -2.62. The van der Waals surface area contributed by atoms with Crippen molar-refractivity contribution in [1.29, 1.82) is 0 Å². The van der Waals surface area contributed by atoms with Crippen LogP contribution in [0, 0.1) is 22.7 Å². The molecule has 20 nitrogen and oxygen atoms in total. The quantitative estimate of drug-likeness (QED) is 0.0525. The summed E-state index contributed by atoms with van der Waals surface area (Å²) in [7, 11) is 1.56. The summed E-state index contributed by atoms with van der Waals surface area (Å²) in [6, 6.07) is 3.71. The van der Waals surface area contributed by atoms with Gasteiger partial charge in [-0.15, -0.1) is 0 Å². The van der Waals surface area contributed by atoms with Gasteiger partial charge >= 0.3 is 0 Å². The molecule has 76 heavy (non-hydrogen) atoms. The van der Waals surface area contributed by atoms with Gasteiger partial charge in [0.05, 0.1) is 44.0 Å². The first-order valence-electron chi connectivity index (χ1n) is 26.0. The molecule has 0 radical (unpaired) electrons. The van der Waals surface area contributed by atoms with Gasteiger partial charge in [0.15, 0.2) is 29.1 Å². The monoisotopic (exact) mass is 1130 g/mol. The predicted molar refractivity (Wildman–Crippen MR) is 277 cm³/mol. The van der Waals surface area contributed by atoms with Crippen LogP contribution in [-0.2, 0) is 65.7 Å². The van der Waals surface area contributed by atoms with Gasteiger partial charge in [-0.05, 0) is 101 Å². The SMILES string of the molecule is COCCOCCC(=O)NCCCC[C@H](NC(=O)CBr)C(=O)N[C@@H](C)C(=O)N[C@@H](C)C(=O)Nc1cc(Cn2ccc([C@@H]3O[C@@H]4C[C@H]5[C@@H]6CCC7=CC(=O)C=C[C@]7(C)[C@@]6(F)[C@@H](O)C[C@]5(C)[C@]4(C(=O)CO)O3)c2)ccc1CO. The van der Waals surface area contributed by atoms with Crippen molar-refractivity contribution in [3.63, 3.8) is 0 Å². The lowest BCUT2D eigenvalue weighted by molar-refractivity contribution is -0.231. The Labute approximate surface area is 449 Å². The van der Waals surface area contributed by atoms with Crippen molar-refractivity contribution in [3.8, 4) is 0 Å². The molecule has 0 unspecified atom stereocenters. The number of aliphatic hydroxyl groups excluding tert-OH is 3. The van der Waals surface area contributed by atoms with E-state index in [1.807, 2.05) is 11.5 Å². The minimum atomic E-state index is -2.13. The molecule has 22 heteroatoms. The summed E-state index contributed by atoms with van der Waals surface area (Å²) in [5.41, 5.74) is -3.55. The Bertz CT molecular complexity index is 2580. The number of allylic oxidation sites excluding steroid dienone is 4. The molecule has 1 aromatic heterocycles. The topological polar surface area (TPSA) is 282 Å². The fourth-order valence-corrected chi connectivity index (χ4v) is 12.5. The number of nitrogens with zero attached hydrogens (tertiary/aromatic N) is 1. The van der Waals surface area contributed by atoms with Crippen LogP contribution in [0.5, 0.6) is 0 Å². The van der Waals surface area contributed by atoms with E-state index in [2.05, 4.69) is 42.5 Å². The van der Waals surface area contributed by atoms with E-state index in [0.717, 1.165) is 0 Å². The molecule has 2 aromatic rings. The number of carbonyl (C=O) groups excluding carboxylic acids is 7. The van der Waals surface area contributed by atoms with E-state index in [9.17, 15) is 48.9 Å². The van der Waals surface area contributed by atoms with Crippen molar-refractivity contribution < 1.29 is 72.2 Å². The van der Waals surface area contributed by atoms with E-state index in [0.29, 0.717) is 73.4 Å². The van der Waals surface area contributed by atoms with E-state index >= 15 is 4.39 Å². The number of aromatic nitrogens is 1. The van der Waals surface area contributed by atoms with Crippen molar-refractivity contribution in [2.45, 2.75) is 140 Å². The maximum absolute atomic E-state index is 17.8. The Balaban J connectivity index is 0.935. The molecule has 0 spiro atoms. The van der Waals surface area contributed by atoms with Gasteiger partial charge in [0.25, 0.3) is 0 Å². The third-order valence-electron chi connectivity index (χ3n) is 16.4. The second-order valence-corrected chi connectivity index (χ2v) is 21.6. The number of methoxy groups -OCH3 is 1. The number of benzene rings is 1. The Hall–Kier alpha value is -5.20. The van der Waals surface area contributed by atoms with Gasteiger partial charge in [0.1, 0.15) is 24.7 Å². The first kappa shape index (κ1) is 58.5. The smallest absolute Gasteiger partial charge is 0.246 e. The number of hydrogen-bond donors (Lipinski definition) is 8. The molecular formula is C54H72BrFN6O14. The number of nitrogens with one attached hydrogen (secondary N) is 5. The van der Waals surface area contributed by atoms with Crippen LogP contribution in [0.1, 0.15) is 102 Å². The van der Waals surface area contributed by atoms with Crippen LogP contribution in [0.2, 0.25) is 0 Å². The first-order chi connectivity index (χ1) is 36.2. The zero-order valence-corrected chi connectivity index (χ0v) is 45.3. The number of amides is 5. The third kappa shape index (κ3) is 11.6. The first-order valence-corrected chi connectivity index (χ1v) is 27.1. The summed E-state index contributed by atoms with van der Waals surface area (Å²) < 4.78 is 43.1. The van der Waals surface area contributed by atoms with Crippen LogP contribution < -0.4 is 26.6 Å². The van der Waals surface area contributed by atoms with Gasteiger partial charge in [0, 0.05) is 72.6 Å². The van der Waals surface area contributed by atoms with Crippen LogP contribution in [0.25, 0.3) is 0 Å². The maximum atomic E-state index is 17.8. The largest absolute Gasteiger partial charge is 0.392 e. The van der Waals surface area contributed by atoms with E-state index in [-0.39, 0.29) is 55.9 Å². The molecule has 5 aliphatic rings. The van der Waals surface area contributed by atoms with Crippen LogP contribution in [0.3, 0.4) is 0 Å². The molecule has 1 aliphatic heterocycles. The highest BCUT2D eigenvalue weighted by Gasteiger charge is 2.79. The highest BCUT2D eigenvalue weighted by atomic mass is 79.9. The van der Waals surface area contributed by atoms with Crippen LogP contribution in [0.4, 0.5) is 10.1 Å². The average molecular weight is 1130 g/mol. The molecule has 8 N–H and O–H groups in total. The molecular weight excluding hydrogens is 1060 g/mol. The maximum Gasteiger partial charge on any atom is 0.246 e. The summed E-state index contributed by atoms with van der Waals surface area (Å²) in [6.07, 6.45) is 6.86. The molecule has 12 atom stereocenters. The number of fused-ring (bicyclic) bond motifs is 7. The molecule has 7 rings (SSSR count). The third-order valence-corrected chi connectivity index (χ3v) is 16.9. The lowest BCUT2D eigenvalue weighted by atomic mass is 9.44. The van der Waals surface area contributed by atoms with Gasteiger partial charge in [-0.25, -0.2) is 4.39 Å². The zero-order chi connectivity index (χ0) is 55.2. The number of rotatable bonds is 25. The lowest BCUT2D eigenvalue weighted by Crippen LogP contribution is -2.69. The number of ether oxygens (including phenoxy) is 4. The second-order valence-electron chi connectivity index (χ2n) is 21.1. The number of aliphatic hydroxyl groups is 3. The van der Waals surface area contributed by atoms with Crippen molar-refractivity contribution in [3.05, 3.63) is 77.2 Å². The summed E-state index contributed by atoms with van der Waals surface area (Å²) in [5, 5.41) is 45.9.